The molecule has 0 amide bonds. The summed E-state index contributed by atoms with van der Waals surface area (Å²) in [7, 11) is 3.96. The first-order valence-corrected chi connectivity index (χ1v) is 9.96. The Hall–Kier alpha value is -3.07. The number of likely N-dealkylation sites (N-methyl/N-ethyl adjacent to an activating group) is 1. The summed E-state index contributed by atoms with van der Waals surface area (Å²) in [6.07, 6.45) is 1.38. The van der Waals surface area contributed by atoms with Crippen molar-refractivity contribution in [3.05, 3.63) is 77.6 Å². The van der Waals surface area contributed by atoms with Gasteiger partial charge in [-0.05, 0) is 61.4 Å². The van der Waals surface area contributed by atoms with Gasteiger partial charge in [0.1, 0.15) is 18.1 Å². The van der Waals surface area contributed by atoms with E-state index >= 15 is 0 Å². The van der Waals surface area contributed by atoms with Gasteiger partial charge in [-0.25, -0.2) is 14.6 Å². The third kappa shape index (κ3) is 6.46. The Bertz CT molecular complexity index is 1000. The molecule has 160 valence electrons. The van der Waals surface area contributed by atoms with Crippen molar-refractivity contribution in [2.75, 3.05) is 27.2 Å². The maximum absolute atomic E-state index is 12.3. The zero-order valence-corrected chi connectivity index (χ0v) is 18.0. The second-order valence-corrected chi connectivity index (χ2v) is 7.43. The molecule has 9 heteroatoms. The van der Waals surface area contributed by atoms with E-state index in [1.807, 2.05) is 43.3 Å². The van der Waals surface area contributed by atoms with Crippen molar-refractivity contribution in [1.82, 2.24) is 9.88 Å². The molecule has 7 nitrogen and oxygen atoms in total. The van der Waals surface area contributed by atoms with Gasteiger partial charge >= 0.3 is 12.9 Å². The lowest BCUT2D eigenvalue weighted by atomic mass is 9.56. The molecule has 0 aliphatic rings. The van der Waals surface area contributed by atoms with Crippen LogP contribution in [0.4, 0.5) is 0 Å². The highest BCUT2D eigenvalue weighted by atomic mass is 35.5. The summed E-state index contributed by atoms with van der Waals surface area (Å²) in [5.41, 5.74) is 1.23. The van der Waals surface area contributed by atoms with Crippen molar-refractivity contribution in [3.63, 3.8) is 0 Å². The molecule has 1 heterocycles. The van der Waals surface area contributed by atoms with Crippen molar-refractivity contribution < 1.29 is 24.3 Å². The van der Waals surface area contributed by atoms with Crippen LogP contribution in [0.15, 0.2) is 66.9 Å². The molecule has 1 N–H and O–H groups in total. The predicted octanol–water partition coefficient (Wildman–Crippen LogP) is 2.28. The second-order valence-electron chi connectivity index (χ2n) is 6.99. The lowest BCUT2D eigenvalue weighted by molar-refractivity contribution is -0.152. The molecular weight excluding hydrogens is 419 g/mol. The topological polar surface area (TPSA) is 81.1 Å². The highest BCUT2D eigenvalue weighted by Gasteiger charge is 2.26. The van der Waals surface area contributed by atoms with E-state index in [1.165, 1.54) is 18.3 Å². The zero-order valence-electron chi connectivity index (χ0n) is 17.2. The molecule has 0 aliphatic heterocycles. The number of carbonyl (C=O) groups is 1. The van der Waals surface area contributed by atoms with Gasteiger partial charge in [0, 0.05) is 17.8 Å². The van der Waals surface area contributed by atoms with Crippen LogP contribution in [0.3, 0.4) is 0 Å². The van der Waals surface area contributed by atoms with Gasteiger partial charge in [-0.1, -0.05) is 35.9 Å². The zero-order chi connectivity index (χ0) is 22.2. The maximum Gasteiger partial charge on any atom is 0.421 e. The average Bonchev–Trinajstić information content (AvgIpc) is 2.76. The number of carbonyl (C=O) groups excluding carboxylic acids is 1. The predicted molar refractivity (Wildman–Crippen MR) is 119 cm³/mol. The fourth-order valence-electron chi connectivity index (χ4n) is 2.71. The molecular formula is C22H22BClN2O5. The third-order valence-corrected chi connectivity index (χ3v) is 4.61. The van der Waals surface area contributed by atoms with E-state index in [0.29, 0.717) is 11.6 Å². The van der Waals surface area contributed by atoms with Crippen molar-refractivity contribution in [1.29, 1.82) is 0 Å². The number of ether oxygens (including phenoxy) is 1. The Balaban J connectivity index is 1.76. The summed E-state index contributed by atoms with van der Waals surface area (Å²) in [6.45, 7) is 0.645. The fraction of sp³-hybridized carbons (Fsp3) is 0.182. The van der Waals surface area contributed by atoms with Crippen LogP contribution in [0, 0.1) is 0 Å². The molecule has 1 aromatic heterocycles. The summed E-state index contributed by atoms with van der Waals surface area (Å²) in [5, 5.41) is 10.4. The molecule has 3 rings (SSSR count). The van der Waals surface area contributed by atoms with E-state index < -0.39 is 12.9 Å². The summed E-state index contributed by atoms with van der Waals surface area (Å²) < 4.78 is 5.72. The van der Waals surface area contributed by atoms with Gasteiger partial charge < -0.3 is 19.6 Å². The lowest BCUT2D eigenvalue weighted by Crippen LogP contribution is -2.45. The molecule has 0 saturated heterocycles. The van der Waals surface area contributed by atoms with Crippen molar-refractivity contribution in [2.45, 2.75) is 0 Å². The first kappa shape index (κ1) is 22.6. The molecule has 2 aromatic carbocycles. The minimum absolute atomic E-state index is 0.234. The van der Waals surface area contributed by atoms with Gasteiger partial charge in [-0.3, -0.25) is 0 Å². The molecule has 0 bridgehead atoms. The summed E-state index contributed by atoms with van der Waals surface area (Å²) >= 11 is 6.00. The van der Waals surface area contributed by atoms with Gasteiger partial charge in [0.15, 0.2) is 5.69 Å². The molecule has 3 aromatic rings. The van der Waals surface area contributed by atoms with Crippen LogP contribution in [-0.4, -0.2) is 55.1 Å². The highest BCUT2D eigenvalue weighted by Crippen LogP contribution is 2.14. The molecule has 0 unspecified atom stereocenters. The number of aromatic nitrogens is 1. The molecule has 0 aliphatic carbocycles. The average molecular weight is 441 g/mol. The van der Waals surface area contributed by atoms with E-state index in [-0.39, 0.29) is 11.4 Å². The van der Waals surface area contributed by atoms with Crippen LogP contribution in [0.1, 0.15) is 10.5 Å². The molecule has 31 heavy (non-hydrogen) atoms. The third-order valence-electron chi connectivity index (χ3n) is 4.36. The number of hydrogen-bond acceptors (Lipinski definition) is 7. The smallest absolute Gasteiger partial charge is 0.421 e. The largest absolute Gasteiger partial charge is 0.505 e. The SMILES string of the molecule is CN(C)CCOc1ccc(B(OOC(=O)c2ncccc2O)c2ccc(Cl)cc2)cc1. The lowest BCUT2D eigenvalue weighted by Gasteiger charge is -2.15. The molecule has 0 saturated carbocycles. The van der Waals surface area contributed by atoms with Crippen LogP contribution < -0.4 is 15.7 Å². The van der Waals surface area contributed by atoms with Gasteiger partial charge in [0.25, 0.3) is 0 Å². The van der Waals surface area contributed by atoms with Crippen LogP contribution >= 0.6 is 11.6 Å². The van der Waals surface area contributed by atoms with E-state index in [2.05, 4.69) is 4.98 Å². The standard InChI is InChI=1S/C22H22BClN2O5/c1-26(2)14-15-29-19-11-7-17(8-12-19)23(16-5-9-18(24)10-6-16)31-30-22(28)21-20(27)4-3-13-25-21/h3-13,27H,14-15H2,1-2H3. The minimum Gasteiger partial charge on any atom is -0.505 e. The van der Waals surface area contributed by atoms with E-state index in [4.69, 9.17) is 26.0 Å². The molecule has 0 radical (unpaired) electrons. The number of pyridine rings is 1. The van der Waals surface area contributed by atoms with Crippen molar-refractivity contribution >= 4 is 35.4 Å². The second kappa shape index (κ2) is 10.8. The fourth-order valence-corrected chi connectivity index (χ4v) is 2.84. The van der Waals surface area contributed by atoms with Crippen LogP contribution in [-0.2, 0) is 9.69 Å². The maximum atomic E-state index is 12.3. The van der Waals surface area contributed by atoms with E-state index in [0.717, 1.165) is 23.2 Å². The van der Waals surface area contributed by atoms with E-state index in [9.17, 15) is 9.90 Å². The van der Waals surface area contributed by atoms with Gasteiger partial charge in [0.2, 0.25) is 0 Å². The van der Waals surface area contributed by atoms with Gasteiger partial charge in [-0.15, -0.1) is 0 Å². The Labute approximate surface area is 186 Å². The number of benzene rings is 2. The normalized spacial score (nSPS) is 10.7. The number of halogens is 1. The van der Waals surface area contributed by atoms with Crippen LogP contribution in [0.25, 0.3) is 0 Å². The molecule has 0 atom stereocenters. The summed E-state index contributed by atoms with van der Waals surface area (Å²) in [4.78, 5) is 28.6. The Kier molecular flexibility index (Phi) is 7.89. The Morgan fingerprint density at radius 1 is 1.06 bits per heavy atom. The first-order valence-electron chi connectivity index (χ1n) is 9.58. The number of hydrogen-bond donors (Lipinski definition) is 1. The number of rotatable bonds is 9. The van der Waals surface area contributed by atoms with Crippen molar-refractivity contribution in [2.24, 2.45) is 0 Å². The summed E-state index contributed by atoms with van der Waals surface area (Å²) in [5.74, 6) is -0.477. The highest BCUT2D eigenvalue weighted by molar-refractivity contribution is 6.79. The quantitative estimate of drug-likeness (QED) is 0.310. The van der Waals surface area contributed by atoms with Gasteiger partial charge in [-0.2, -0.15) is 0 Å². The number of aromatic hydroxyl groups is 1. The molecule has 0 spiro atoms. The van der Waals surface area contributed by atoms with Crippen molar-refractivity contribution in [3.8, 4) is 11.5 Å². The van der Waals surface area contributed by atoms with Crippen LogP contribution in [0.2, 0.25) is 5.02 Å². The minimum atomic E-state index is -0.902. The van der Waals surface area contributed by atoms with Gasteiger partial charge in [0.05, 0.1) is 0 Å². The Morgan fingerprint density at radius 2 is 1.71 bits per heavy atom. The molecule has 0 fully saturated rings. The summed E-state index contributed by atoms with van der Waals surface area (Å²) in [6, 6.07) is 17.2. The van der Waals surface area contributed by atoms with Crippen LogP contribution in [0.5, 0.6) is 11.5 Å². The first-order chi connectivity index (χ1) is 14.9. The number of nitrogens with zero attached hydrogens (tertiary/aromatic N) is 2. The van der Waals surface area contributed by atoms with E-state index in [1.54, 1.807) is 24.3 Å². The Morgan fingerprint density at radius 3 is 2.32 bits per heavy atom. The monoisotopic (exact) mass is 440 g/mol.